The summed E-state index contributed by atoms with van der Waals surface area (Å²) >= 11 is 0. The molecule has 1 saturated heterocycles. The van der Waals surface area contributed by atoms with E-state index in [2.05, 4.69) is 5.32 Å². The third kappa shape index (κ3) is 3.12. The third-order valence-electron chi connectivity index (χ3n) is 4.87. The molecule has 1 spiro atoms. The number of nitrogens with one attached hydrogen (secondary N) is 1. The van der Waals surface area contributed by atoms with E-state index in [0.29, 0.717) is 12.8 Å². The molecule has 0 aromatic heterocycles. The lowest BCUT2D eigenvalue weighted by Crippen LogP contribution is -2.42. The highest BCUT2D eigenvalue weighted by Gasteiger charge is 2.53. The molecule has 3 rings (SSSR count). The van der Waals surface area contributed by atoms with Gasteiger partial charge >= 0.3 is 12.1 Å². The van der Waals surface area contributed by atoms with Gasteiger partial charge in [0.15, 0.2) is 0 Å². The fourth-order valence-electron chi connectivity index (χ4n) is 3.70. The molecule has 24 heavy (non-hydrogen) atoms. The minimum atomic E-state index is -4.47. The first-order valence-electron chi connectivity index (χ1n) is 7.96. The Balaban J connectivity index is 1.71. The van der Waals surface area contributed by atoms with Crippen LogP contribution in [0.2, 0.25) is 0 Å². The first-order valence-corrected chi connectivity index (χ1v) is 7.96. The second-order valence-electron chi connectivity index (χ2n) is 6.38. The second kappa shape index (κ2) is 6.11. The molecular formula is C17H18F3NO3. The van der Waals surface area contributed by atoms with Crippen molar-refractivity contribution >= 4 is 11.9 Å². The molecule has 1 atom stereocenters. The van der Waals surface area contributed by atoms with E-state index in [1.165, 1.54) is 18.2 Å². The molecule has 7 heteroatoms. The van der Waals surface area contributed by atoms with Crippen molar-refractivity contribution in [1.82, 2.24) is 5.32 Å². The summed E-state index contributed by atoms with van der Waals surface area (Å²) in [4.78, 5) is 24.1. The van der Waals surface area contributed by atoms with E-state index >= 15 is 0 Å². The molecule has 1 aromatic carbocycles. The predicted octanol–water partition coefficient (Wildman–Crippen LogP) is 3.20. The van der Waals surface area contributed by atoms with Crippen LogP contribution in [0.3, 0.4) is 0 Å². The highest BCUT2D eigenvalue weighted by atomic mass is 19.4. The van der Waals surface area contributed by atoms with Gasteiger partial charge in [0.2, 0.25) is 5.91 Å². The lowest BCUT2D eigenvalue weighted by atomic mass is 9.85. The Morgan fingerprint density at radius 3 is 2.58 bits per heavy atom. The van der Waals surface area contributed by atoms with Gasteiger partial charge in [-0.1, -0.05) is 18.2 Å². The monoisotopic (exact) mass is 341 g/mol. The van der Waals surface area contributed by atoms with E-state index in [9.17, 15) is 22.8 Å². The van der Waals surface area contributed by atoms with Crippen LogP contribution in [0.4, 0.5) is 13.2 Å². The summed E-state index contributed by atoms with van der Waals surface area (Å²) in [6, 6.07) is 5.13. The van der Waals surface area contributed by atoms with Crippen LogP contribution in [0.25, 0.3) is 0 Å². The number of benzene rings is 1. The van der Waals surface area contributed by atoms with Gasteiger partial charge in [0, 0.05) is 6.54 Å². The van der Waals surface area contributed by atoms with E-state index in [-0.39, 0.29) is 18.5 Å². The zero-order valence-electron chi connectivity index (χ0n) is 13.0. The third-order valence-corrected chi connectivity index (χ3v) is 4.87. The SMILES string of the molecule is O=C1CC(C(=O)NCc2ccccc2C(F)(F)F)C2(CCCC2)O1. The Labute approximate surface area is 137 Å². The van der Waals surface area contributed by atoms with Gasteiger partial charge in [0.05, 0.1) is 17.9 Å². The molecule has 1 aliphatic carbocycles. The van der Waals surface area contributed by atoms with Gasteiger partial charge in [0.25, 0.3) is 0 Å². The second-order valence-corrected chi connectivity index (χ2v) is 6.38. The fourth-order valence-corrected chi connectivity index (χ4v) is 3.70. The average molecular weight is 341 g/mol. The van der Waals surface area contributed by atoms with Crippen molar-refractivity contribution in [2.24, 2.45) is 5.92 Å². The Kier molecular flexibility index (Phi) is 4.27. The topological polar surface area (TPSA) is 55.4 Å². The molecule has 2 fully saturated rings. The number of carbonyl (C=O) groups excluding carboxylic acids is 2. The maximum absolute atomic E-state index is 13.0. The molecule has 0 radical (unpaired) electrons. The number of carbonyl (C=O) groups is 2. The number of alkyl halides is 3. The highest BCUT2D eigenvalue weighted by molar-refractivity contribution is 5.88. The number of ether oxygens (including phenoxy) is 1. The molecular weight excluding hydrogens is 323 g/mol. The number of amides is 1. The Bertz CT molecular complexity index is 651. The van der Waals surface area contributed by atoms with Crippen LogP contribution in [0.15, 0.2) is 24.3 Å². The lowest BCUT2D eigenvalue weighted by molar-refractivity contribution is -0.150. The number of hydrogen-bond donors (Lipinski definition) is 1. The van der Waals surface area contributed by atoms with Crippen molar-refractivity contribution in [2.75, 3.05) is 0 Å². The van der Waals surface area contributed by atoms with Gasteiger partial charge in [0.1, 0.15) is 5.60 Å². The molecule has 130 valence electrons. The van der Waals surface area contributed by atoms with E-state index in [0.717, 1.165) is 18.9 Å². The molecule has 4 nitrogen and oxygen atoms in total. The number of halogens is 3. The Morgan fingerprint density at radius 2 is 1.92 bits per heavy atom. The van der Waals surface area contributed by atoms with E-state index < -0.39 is 35.1 Å². The quantitative estimate of drug-likeness (QED) is 0.859. The first-order chi connectivity index (χ1) is 11.3. The molecule has 1 saturated carbocycles. The minimum Gasteiger partial charge on any atom is -0.458 e. The van der Waals surface area contributed by atoms with Crippen molar-refractivity contribution in [3.05, 3.63) is 35.4 Å². The van der Waals surface area contributed by atoms with Crippen LogP contribution in [0, 0.1) is 5.92 Å². The van der Waals surface area contributed by atoms with Crippen molar-refractivity contribution in [3.63, 3.8) is 0 Å². The molecule has 1 N–H and O–H groups in total. The van der Waals surface area contributed by atoms with Gasteiger partial charge in [-0.2, -0.15) is 13.2 Å². The van der Waals surface area contributed by atoms with E-state index in [4.69, 9.17) is 4.74 Å². The highest BCUT2D eigenvalue weighted by Crippen LogP contribution is 2.45. The van der Waals surface area contributed by atoms with Gasteiger partial charge in [-0.05, 0) is 37.3 Å². The summed E-state index contributed by atoms with van der Waals surface area (Å²) in [5.74, 6) is -1.45. The maximum atomic E-state index is 13.0. The summed E-state index contributed by atoms with van der Waals surface area (Å²) in [6.45, 7) is -0.227. The molecule has 1 aliphatic heterocycles. The summed E-state index contributed by atoms with van der Waals surface area (Å²) in [5.41, 5.74) is -1.52. The number of rotatable bonds is 3. The average Bonchev–Trinajstić information content (AvgIpc) is 3.11. The molecule has 0 bridgehead atoms. The van der Waals surface area contributed by atoms with Crippen molar-refractivity contribution in [3.8, 4) is 0 Å². The molecule has 1 aromatic rings. The minimum absolute atomic E-state index is 0.00376. The van der Waals surface area contributed by atoms with Crippen LogP contribution in [0.5, 0.6) is 0 Å². The van der Waals surface area contributed by atoms with Crippen LogP contribution >= 0.6 is 0 Å². The molecule has 1 amide bonds. The molecule has 1 unspecified atom stereocenters. The zero-order valence-corrected chi connectivity index (χ0v) is 13.0. The van der Waals surface area contributed by atoms with Crippen molar-refractivity contribution in [2.45, 2.75) is 50.4 Å². The largest absolute Gasteiger partial charge is 0.458 e. The lowest BCUT2D eigenvalue weighted by Gasteiger charge is -2.28. The van der Waals surface area contributed by atoms with Crippen LogP contribution in [-0.4, -0.2) is 17.5 Å². The van der Waals surface area contributed by atoms with Crippen LogP contribution < -0.4 is 5.32 Å². The normalized spacial score (nSPS) is 22.6. The zero-order chi connectivity index (χ0) is 17.4. The van der Waals surface area contributed by atoms with E-state index in [1.807, 2.05) is 0 Å². The fraction of sp³-hybridized carbons (Fsp3) is 0.529. The summed E-state index contributed by atoms with van der Waals surface area (Å²) in [7, 11) is 0. The van der Waals surface area contributed by atoms with Crippen LogP contribution in [-0.2, 0) is 27.0 Å². The van der Waals surface area contributed by atoms with Gasteiger partial charge < -0.3 is 10.1 Å². The molecule has 1 heterocycles. The van der Waals surface area contributed by atoms with Gasteiger partial charge in [-0.25, -0.2) is 0 Å². The van der Waals surface area contributed by atoms with Crippen molar-refractivity contribution < 1.29 is 27.5 Å². The summed E-state index contributed by atoms with van der Waals surface area (Å²) in [5, 5.41) is 2.55. The van der Waals surface area contributed by atoms with Gasteiger partial charge in [-0.15, -0.1) is 0 Å². The van der Waals surface area contributed by atoms with Crippen LogP contribution in [0.1, 0.15) is 43.2 Å². The summed E-state index contributed by atoms with van der Waals surface area (Å²) < 4.78 is 44.4. The van der Waals surface area contributed by atoms with Gasteiger partial charge in [-0.3, -0.25) is 9.59 Å². The smallest absolute Gasteiger partial charge is 0.416 e. The predicted molar refractivity (Wildman–Crippen MR) is 78.7 cm³/mol. The summed E-state index contributed by atoms with van der Waals surface area (Å²) in [6.07, 6.45) is -1.44. The van der Waals surface area contributed by atoms with E-state index in [1.54, 1.807) is 0 Å². The molecule has 2 aliphatic rings. The first kappa shape index (κ1) is 16.8. The standard InChI is InChI=1S/C17H18F3NO3/c18-17(19,20)12-6-2-1-5-11(12)10-21-15(23)13-9-14(22)24-16(13)7-3-4-8-16/h1-2,5-6,13H,3-4,7-10H2,(H,21,23). The maximum Gasteiger partial charge on any atom is 0.416 e. The Hall–Kier alpha value is -2.05. The van der Waals surface area contributed by atoms with Crippen molar-refractivity contribution in [1.29, 1.82) is 0 Å². The number of hydrogen-bond acceptors (Lipinski definition) is 3. The Morgan fingerprint density at radius 1 is 1.25 bits per heavy atom. The number of esters is 1.